The average Bonchev–Trinajstić information content (AvgIpc) is 1.05. The van der Waals surface area contributed by atoms with Crippen molar-refractivity contribution >= 4 is 107 Å². The van der Waals surface area contributed by atoms with E-state index in [9.17, 15) is 5.26 Å². The first-order valence-corrected chi connectivity index (χ1v) is 42.3. The summed E-state index contributed by atoms with van der Waals surface area (Å²) >= 11 is 0. The fourth-order valence-corrected chi connectivity index (χ4v) is 19.0. The van der Waals surface area contributed by atoms with Crippen molar-refractivity contribution in [2.24, 2.45) is 0 Å². The van der Waals surface area contributed by atoms with Gasteiger partial charge in [0.25, 0.3) is 6.71 Å². The standard InChI is InChI=1S/C114H93BN6/c1-111(2,3)83-41-27-37-76(58-83)92-62-80(73-31-17-14-18-32-73)63-93(77-38-28-42-84(59-77)112(4,5)6)109(92)120-104-69-88(118-100-47-25-23-45-90(100)96-57-72(71-116)49-55-102(96)118)51-53-98(104)115-99-54-52-89(119-101-48-26-24-46-91(101)97-68-87(117-13)50-56-103(97)119)70-105(99)121(107-67-82(66-106(120)108(107)115)75-35-21-16-22-36-75)110-94(78-39-29-43-85(60-78)113(7,8)9)64-81(74-33-19-15-20-34-74)65-95(110)79-40-30-44-86(61-79)114(10,11)12/h14-70H,1-12H3. The maximum absolute atomic E-state index is 10.6. The summed E-state index contributed by atoms with van der Waals surface area (Å²) in [5.41, 5.74) is 36.5. The predicted octanol–water partition coefficient (Wildman–Crippen LogP) is 29.2. The number of hydrogen-bond donors (Lipinski definition) is 0. The maximum Gasteiger partial charge on any atom is 0.252 e. The summed E-state index contributed by atoms with van der Waals surface area (Å²) in [6.45, 7) is 35.9. The molecule has 0 fully saturated rings. The van der Waals surface area contributed by atoms with Crippen LogP contribution in [0.5, 0.6) is 0 Å². The largest absolute Gasteiger partial charge is 0.310 e. The van der Waals surface area contributed by atoms with E-state index in [-0.39, 0.29) is 28.4 Å². The molecule has 0 radical (unpaired) electrons. The summed E-state index contributed by atoms with van der Waals surface area (Å²) < 4.78 is 4.85. The molecule has 6 nitrogen and oxygen atoms in total. The number of nitrogens with zero attached hydrogens (tertiary/aromatic N) is 6. The summed E-state index contributed by atoms with van der Waals surface area (Å²) in [5, 5.41) is 14.8. The van der Waals surface area contributed by atoms with Crippen LogP contribution in [-0.4, -0.2) is 15.8 Å². The first-order chi connectivity index (χ1) is 58.4. The minimum absolute atomic E-state index is 0.198. The van der Waals surface area contributed by atoms with Crippen molar-refractivity contribution in [2.45, 2.75) is 105 Å². The molecule has 2 aliphatic heterocycles. The Balaban J connectivity index is 1.01. The van der Waals surface area contributed by atoms with Gasteiger partial charge in [0.1, 0.15) is 0 Å². The van der Waals surface area contributed by atoms with Crippen LogP contribution < -0.4 is 26.2 Å². The van der Waals surface area contributed by atoms with E-state index in [0.29, 0.717) is 11.3 Å². The van der Waals surface area contributed by atoms with E-state index in [2.05, 4.69) is 447 Å². The summed E-state index contributed by atoms with van der Waals surface area (Å²) in [6, 6.07) is 132. The number of anilines is 6. The lowest BCUT2D eigenvalue weighted by Gasteiger charge is -2.46. The van der Waals surface area contributed by atoms with Gasteiger partial charge in [-0.1, -0.05) is 326 Å². The van der Waals surface area contributed by atoms with Crippen LogP contribution in [0, 0.1) is 17.9 Å². The molecular formula is C114H93BN6. The molecule has 0 N–H and O–H groups in total. The molecule has 0 amide bonds. The second kappa shape index (κ2) is 28.8. The number of fused-ring (bicyclic) bond motifs is 10. The van der Waals surface area contributed by atoms with E-state index in [1.54, 1.807) is 0 Å². The first-order valence-electron chi connectivity index (χ1n) is 42.3. The lowest BCUT2D eigenvalue weighted by Crippen LogP contribution is -2.61. The lowest BCUT2D eigenvalue weighted by atomic mass is 9.33. The van der Waals surface area contributed by atoms with Gasteiger partial charge in [-0.05, 0) is 224 Å². The van der Waals surface area contributed by atoms with Crippen LogP contribution in [0.2, 0.25) is 0 Å². The van der Waals surface area contributed by atoms with Crippen LogP contribution in [0.25, 0.3) is 138 Å². The summed E-state index contributed by atoms with van der Waals surface area (Å²) in [7, 11) is 0. The Bertz CT molecular complexity index is 6770. The Hall–Kier alpha value is -14.2. The van der Waals surface area contributed by atoms with Gasteiger partial charge in [-0.3, -0.25) is 0 Å². The zero-order valence-corrected chi connectivity index (χ0v) is 70.7. The smallest absolute Gasteiger partial charge is 0.252 e. The molecular weight excluding hydrogens is 1460 g/mol. The van der Waals surface area contributed by atoms with E-state index in [1.807, 2.05) is 12.1 Å². The third-order valence-electron chi connectivity index (χ3n) is 25.3. The van der Waals surface area contributed by atoms with Crippen LogP contribution in [0.1, 0.15) is 111 Å². The van der Waals surface area contributed by atoms with Crippen LogP contribution in [-0.2, 0) is 21.7 Å². The topological polar surface area (TPSA) is 44.5 Å². The highest BCUT2D eigenvalue weighted by atomic mass is 15.2. The Kier molecular flexibility index (Phi) is 18.0. The average molecular weight is 1560 g/mol. The van der Waals surface area contributed by atoms with Crippen molar-refractivity contribution in [3.8, 4) is 95.3 Å². The molecule has 121 heavy (non-hydrogen) atoms. The Morgan fingerprint density at radius 3 is 0.975 bits per heavy atom. The molecule has 2 aliphatic rings. The molecule has 4 heterocycles. The molecule has 2 aromatic heterocycles. The van der Waals surface area contributed by atoms with Gasteiger partial charge in [0.05, 0.1) is 51.6 Å². The molecule has 18 aromatic rings. The Morgan fingerprint density at radius 2 is 0.612 bits per heavy atom. The number of aromatic nitrogens is 2. The van der Waals surface area contributed by atoms with Gasteiger partial charge in [-0.2, -0.15) is 5.26 Å². The molecule has 0 aliphatic carbocycles. The normalized spacial score (nSPS) is 12.7. The molecule has 582 valence electrons. The van der Waals surface area contributed by atoms with Crippen molar-refractivity contribution in [3.63, 3.8) is 0 Å². The molecule has 0 atom stereocenters. The van der Waals surface area contributed by atoms with E-state index >= 15 is 0 Å². The predicted molar refractivity (Wildman–Crippen MR) is 513 cm³/mol. The Labute approximate surface area is 711 Å². The van der Waals surface area contributed by atoms with E-state index in [0.717, 1.165) is 183 Å². The fraction of sp³-hybridized carbons (Fsp3) is 0.140. The van der Waals surface area contributed by atoms with Crippen LogP contribution in [0.4, 0.5) is 39.8 Å². The van der Waals surface area contributed by atoms with Gasteiger partial charge in [-0.15, -0.1) is 0 Å². The third kappa shape index (κ3) is 13.0. The first kappa shape index (κ1) is 75.5. The Morgan fingerprint density at radius 1 is 0.281 bits per heavy atom. The summed E-state index contributed by atoms with van der Waals surface area (Å²) in [5.74, 6) is 0. The van der Waals surface area contributed by atoms with Crippen molar-refractivity contribution in [2.75, 3.05) is 9.80 Å². The molecule has 16 aromatic carbocycles. The van der Waals surface area contributed by atoms with E-state index < -0.39 is 0 Å². The molecule has 20 rings (SSSR count). The SMILES string of the molecule is [C-]#[N+]c1ccc2c(c1)c1ccccc1n2-c1ccc2c(c1)N(c1c(-c3cccc(C(C)(C)C)c3)cc(-c3ccccc3)cc1-c1cccc(C(C)(C)C)c1)c1cc(-c3ccccc3)cc3c1B2c1ccc(-n2c4ccccc4c4cc(C#N)ccc42)cc1N3c1c(-c2cccc(C(C)(C)C)c2)cc(-c2ccccc2)cc1-c1cccc(C(C)(C)C)c1. The maximum atomic E-state index is 10.6. The molecule has 0 saturated heterocycles. The highest BCUT2D eigenvalue weighted by Gasteiger charge is 2.47. The van der Waals surface area contributed by atoms with Gasteiger partial charge < -0.3 is 18.9 Å². The fourth-order valence-electron chi connectivity index (χ4n) is 19.0. The van der Waals surface area contributed by atoms with Crippen molar-refractivity contribution in [3.05, 3.63) is 385 Å². The van der Waals surface area contributed by atoms with Crippen molar-refractivity contribution in [1.29, 1.82) is 5.26 Å². The van der Waals surface area contributed by atoms with Gasteiger partial charge in [-0.25, -0.2) is 4.85 Å². The molecule has 0 bridgehead atoms. The van der Waals surface area contributed by atoms with Crippen LogP contribution in [0.3, 0.4) is 0 Å². The number of hydrogen-bond acceptors (Lipinski definition) is 3. The minimum Gasteiger partial charge on any atom is -0.310 e. The van der Waals surface area contributed by atoms with E-state index in [1.165, 1.54) is 22.3 Å². The molecule has 0 unspecified atom stereocenters. The van der Waals surface area contributed by atoms with Crippen molar-refractivity contribution in [1.82, 2.24) is 9.13 Å². The zero-order chi connectivity index (χ0) is 83.1. The monoisotopic (exact) mass is 1560 g/mol. The second-order valence-corrected chi connectivity index (χ2v) is 37.1. The quantitative estimate of drug-likeness (QED) is 0.0958. The summed E-state index contributed by atoms with van der Waals surface area (Å²) in [4.78, 5) is 9.44. The second-order valence-electron chi connectivity index (χ2n) is 37.1. The number of benzene rings is 16. The highest BCUT2D eigenvalue weighted by molar-refractivity contribution is 7.00. The molecule has 0 spiro atoms. The zero-order valence-electron chi connectivity index (χ0n) is 70.7. The van der Waals surface area contributed by atoms with Crippen molar-refractivity contribution < 1.29 is 0 Å². The van der Waals surface area contributed by atoms with Crippen LogP contribution >= 0.6 is 0 Å². The van der Waals surface area contributed by atoms with Gasteiger partial charge >= 0.3 is 0 Å². The number of para-hydroxylation sites is 2. The van der Waals surface area contributed by atoms with Crippen LogP contribution in [0.15, 0.2) is 346 Å². The van der Waals surface area contributed by atoms with Gasteiger partial charge in [0.2, 0.25) is 0 Å². The minimum atomic E-state index is -0.390. The highest BCUT2D eigenvalue weighted by Crippen LogP contribution is 2.57. The van der Waals surface area contributed by atoms with E-state index in [4.69, 9.17) is 6.57 Å². The van der Waals surface area contributed by atoms with Gasteiger partial charge in [0.15, 0.2) is 5.69 Å². The number of rotatable bonds is 11. The third-order valence-corrected chi connectivity index (χ3v) is 25.3. The number of nitriles is 1. The lowest BCUT2D eigenvalue weighted by molar-refractivity contribution is 0.590. The molecule has 7 heteroatoms. The summed E-state index contributed by atoms with van der Waals surface area (Å²) in [6.07, 6.45) is 0. The molecule has 0 saturated carbocycles. The van der Waals surface area contributed by atoms with Gasteiger partial charge in [0, 0.05) is 72.5 Å².